The van der Waals surface area contributed by atoms with Gasteiger partial charge in [0.05, 0.1) is 32.8 Å². The van der Waals surface area contributed by atoms with Crippen molar-refractivity contribution < 1.29 is 38.5 Å². The molecule has 0 saturated heterocycles. The summed E-state index contributed by atoms with van der Waals surface area (Å²) in [7, 11) is -0.762. The van der Waals surface area contributed by atoms with Crippen molar-refractivity contribution in [3.05, 3.63) is 0 Å². The maximum absolute atomic E-state index is 12.2. The number of hydrogen-bond acceptors (Lipinski definition) is 17. The second-order valence-corrected chi connectivity index (χ2v) is 21.6. The van der Waals surface area contributed by atoms with E-state index in [0.29, 0.717) is 38.4 Å². The SMILES string of the molecule is O=C(CCSCSCCCS(=O)CCSCSCCSC(=O)CCSCSCCCOOCCSCCO)OCCSCCO. The third-order valence-electron chi connectivity index (χ3n) is 4.88. The fourth-order valence-electron chi connectivity index (χ4n) is 2.75. The Kier molecular flexibility index (Phi) is 42.8. The van der Waals surface area contributed by atoms with E-state index in [9.17, 15) is 13.8 Å². The number of carbonyl (C=O) groups is 2. The highest BCUT2D eigenvalue weighted by Gasteiger charge is 2.05. The molecule has 0 aromatic carbocycles. The van der Waals surface area contributed by atoms with Crippen molar-refractivity contribution in [3.8, 4) is 0 Å². The van der Waals surface area contributed by atoms with Crippen LogP contribution in [0.3, 0.4) is 0 Å². The Morgan fingerprint density at radius 1 is 0.533 bits per heavy atom. The molecule has 45 heavy (non-hydrogen) atoms. The van der Waals surface area contributed by atoms with Crippen molar-refractivity contribution in [2.45, 2.75) is 25.7 Å². The van der Waals surface area contributed by atoms with Crippen LogP contribution in [0.5, 0.6) is 0 Å². The largest absolute Gasteiger partial charge is 0.465 e. The lowest BCUT2D eigenvalue weighted by Gasteiger charge is -2.05. The van der Waals surface area contributed by atoms with Crippen LogP contribution in [0.2, 0.25) is 0 Å². The van der Waals surface area contributed by atoms with Crippen LogP contribution >= 0.6 is 106 Å². The topological polar surface area (TPSA) is 119 Å². The molecule has 0 fully saturated rings. The van der Waals surface area contributed by atoms with Gasteiger partial charge in [0.2, 0.25) is 0 Å². The predicted octanol–water partition coefficient (Wildman–Crippen LogP) is 5.77. The van der Waals surface area contributed by atoms with E-state index >= 15 is 0 Å². The second-order valence-electron chi connectivity index (χ2n) is 8.62. The summed E-state index contributed by atoms with van der Waals surface area (Å²) in [6.07, 6.45) is 2.94. The van der Waals surface area contributed by atoms with E-state index in [0.717, 1.165) is 97.1 Å². The molecule has 0 radical (unpaired) electrons. The number of aliphatic hydroxyl groups is 2. The van der Waals surface area contributed by atoms with Crippen LogP contribution in [0.25, 0.3) is 0 Å². The van der Waals surface area contributed by atoms with E-state index in [1.807, 2.05) is 58.8 Å². The maximum Gasteiger partial charge on any atom is 0.306 e. The number of hydrogen-bond donors (Lipinski definition) is 2. The Morgan fingerprint density at radius 3 is 1.82 bits per heavy atom. The van der Waals surface area contributed by atoms with Crippen molar-refractivity contribution in [3.63, 3.8) is 0 Å². The van der Waals surface area contributed by atoms with Crippen LogP contribution in [-0.4, -0.2) is 149 Å². The fraction of sp³-hybridized carbons (Fsp3) is 0.926. The van der Waals surface area contributed by atoms with Crippen molar-refractivity contribution in [1.82, 2.24) is 0 Å². The number of rotatable bonds is 37. The summed E-state index contributed by atoms with van der Waals surface area (Å²) in [4.78, 5) is 33.9. The Hall–Kier alpha value is 2.28. The summed E-state index contributed by atoms with van der Waals surface area (Å²) in [6, 6.07) is 0. The van der Waals surface area contributed by atoms with Gasteiger partial charge in [-0.25, -0.2) is 9.78 Å². The molecule has 0 rings (SSSR count). The first-order valence-electron chi connectivity index (χ1n) is 14.8. The number of thioether (sulfide) groups is 9. The van der Waals surface area contributed by atoms with Crippen molar-refractivity contribution in [1.29, 1.82) is 0 Å². The number of ether oxygens (including phenoxy) is 1. The van der Waals surface area contributed by atoms with Crippen LogP contribution in [0.4, 0.5) is 0 Å². The summed E-state index contributed by atoms with van der Waals surface area (Å²) in [5, 5.41) is 20.6. The monoisotopic (exact) mass is 824 g/mol. The minimum atomic E-state index is -0.762. The second kappa shape index (κ2) is 40.7. The van der Waals surface area contributed by atoms with Gasteiger partial charge in [0, 0.05) is 95.8 Å². The van der Waals surface area contributed by atoms with Gasteiger partial charge in [-0.2, -0.15) is 94.1 Å². The van der Waals surface area contributed by atoms with Crippen LogP contribution in [0.1, 0.15) is 25.7 Å². The minimum Gasteiger partial charge on any atom is -0.465 e. The predicted molar refractivity (Wildman–Crippen MR) is 215 cm³/mol. The first-order valence-corrected chi connectivity index (χ1v) is 26.6. The first kappa shape index (κ1) is 47.3. The molecule has 18 heteroatoms. The highest BCUT2D eigenvalue weighted by atomic mass is 32.2. The van der Waals surface area contributed by atoms with Crippen LogP contribution in [0.15, 0.2) is 0 Å². The number of carbonyl (C=O) groups excluding carboxylic acids is 2. The number of esters is 1. The molecule has 0 aliphatic carbocycles. The third-order valence-corrected chi connectivity index (χ3v) is 16.7. The van der Waals surface area contributed by atoms with Crippen LogP contribution in [-0.2, 0) is 34.9 Å². The summed E-state index contributed by atoms with van der Waals surface area (Å²) < 4.78 is 17.4. The normalized spacial score (nSPS) is 12.0. The zero-order valence-electron chi connectivity index (χ0n) is 26.1. The van der Waals surface area contributed by atoms with Crippen molar-refractivity contribution in [2.24, 2.45) is 0 Å². The average Bonchev–Trinajstić information content (AvgIpc) is 3.03. The van der Waals surface area contributed by atoms with Gasteiger partial charge >= 0.3 is 5.97 Å². The van der Waals surface area contributed by atoms with E-state index in [-0.39, 0.29) is 24.3 Å². The van der Waals surface area contributed by atoms with Crippen molar-refractivity contribution >= 4 is 128 Å². The summed E-state index contributed by atoms with van der Waals surface area (Å²) in [5.74, 6) is 10.6. The Labute approximate surface area is 312 Å². The van der Waals surface area contributed by atoms with E-state index in [2.05, 4.69) is 0 Å². The highest BCUT2D eigenvalue weighted by Crippen LogP contribution is 2.19. The first-order chi connectivity index (χ1) is 22.1. The van der Waals surface area contributed by atoms with E-state index in [1.54, 1.807) is 35.3 Å². The summed E-state index contributed by atoms with van der Waals surface area (Å²) in [6.45, 7) is 1.89. The third kappa shape index (κ3) is 40.6. The minimum absolute atomic E-state index is 0.152. The maximum atomic E-state index is 12.2. The molecule has 1 atom stereocenters. The molecule has 268 valence electrons. The molecular formula is C27H52O8S10. The van der Waals surface area contributed by atoms with Gasteiger partial charge in [-0.05, 0) is 24.3 Å². The van der Waals surface area contributed by atoms with Crippen LogP contribution < -0.4 is 0 Å². The lowest BCUT2D eigenvalue weighted by molar-refractivity contribution is -0.289. The van der Waals surface area contributed by atoms with Gasteiger partial charge < -0.3 is 14.9 Å². The van der Waals surface area contributed by atoms with Gasteiger partial charge in [-0.1, -0.05) is 11.8 Å². The molecule has 0 bridgehead atoms. The standard InChI is InChI=1S/C27H52O8S10/c28-5-14-36-16-8-33-26(30)3-12-40-24-39-11-2-21-45(32)22-20-43-25-42-18-19-44-27(31)4-13-41-23-38-10-1-7-34-35-9-17-37-15-6-29/h28-29H,1-25H2. The van der Waals surface area contributed by atoms with Gasteiger partial charge in [0.1, 0.15) is 6.61 Å². The summed E-state index contributed by atoms with van der Waals surface area (Å²) in [5.41, 5.74) is 0. The van der Waals surface area contributed by atoms with Gasteiger partial charge in [0.15, 0.2) is 5.12 Å². The fourth-order valence-corrected chi connectivity index (χ4v) is 12.8. The smallest absolute Gasteiger partial charge is 0.306 e. The van der Waals surface area contributed by atoms with Gasteiger partial charge in [-0.15, -0.1) is 0 Å². The van der Waals surface area contributed by atoms with E-state index in [4.69, 9.17) is 24.7 Å². The Bertz CT molecular complexity index is 685. The molecule has 0 heterocycles. The molecule has 0 amide bonds. The molecular weight excluding hydrogens is 773 g/mol. The summed E-state index contributed by atoms with van der Waals surface area (Å²) >= 11 is 15.6. The number of aliphatic hydroxyl groups excluding tert-OH is 2. The molecule has 0 spiro atoms. The quantitative estimate of drug-likeness (QED) is 0.0259. The lowest BCUT2D eigenvalue weighted by atomic mass is 10.5. The molecule has 0 aromatic heterocycles. The molecule has 2 N–H and O–H groups in total. The van der Waals surface area contributed by atoms with Crippen LogP contribution in [0, 0.1) is 0 Å². The zero-order valence-corrected chi connectivity index (χ0v) is 34.3. The Balaban J connectivity index is 3.30. The van der Waals surface area contributed by atoms with E-state index < -0.39 is 10.8 Å². The zero-order chi connectivity index (χ0) is 32.9. The molecule has 1 unspecified atom stereocenters. The Morgan fingerprint density at radius 2 is 1.11 bits per heavy atom. The molecule has 0 aromatic rings. The van der Waals surface area contributed by atoms with Crippen molar-refractivity contribution in [2.75, 3.05) is 123 Å². The average molecular weight is 825 g/mol. The van der Waals surface area contributed by atoms with Gasteiger partial charge in [-0.3, -0.25) is 13.8 Å². The van der Waals surface area contributed by atoms with Gasteiger partial charge in [0.25, 0.3) is 0 Å². The lowest BCUT2D eigenvalue weighted by Crippen LogP contribution is -2.08. The highest BCUT2D eigenvalue weighted by molar-refractivity contribution is 8.18. The molecule has 0 aliphatic heterocycles. The molecule has 8 nitrogen and oxygen atoms in total. The molecule has 0 saturated carbocycles. The van der Waals surface area contributed by atoms with E-state index in [1.165, 1.54) is 11.8 Å². The molecule has 0 aliphatic rings.